The van der Waals surface area contributed by atoms with Gasteiger partial charge in [0, 0.05) is 24.8 Å². The monoisotopic (exact) mass is 474 g/mol. The highest BCUT2D eigenvalue weighted by Crippen LogP contribution is 2.35. The quantitative estimate of drug-likeness (QED) is 0.539. The number of carboxylic acids is 1. The van der Waals surface area contributed by atoms with Gasteiger partial charge in [-0.15, -0.1) is 0 Å². The Morgan fingerprint density at radius 1 is 1.15 bits per heavy atom. The molecule has 0 saturated carbocycles. The van der Waals surface area contributed by atoms with Gasteiger partial charge in [0.25, 0.3) is 11.9 Å². The topological polar surface area (TPSA) is 109 Å². The Bertz CT molecular complexity index is 1190. The fourth-order valence-corrected chi connectivity index (χ4v) is 3.77. The third-order valence-corrected chi connectivity index (χ3v) is 5.49. The van der Waals surface area contributed by atoms with Crippen LogP contribution in [0.2, 0.25) is 0 Å². The van der Waals surface area contributed by atoms with Crippen molar-refractivity contribution in [3.8, 4) is 11.1 Å². The number of hydrogen-bond acceptors (Lipinski definition) is 6. The summed E-state index contributed by atoms with van der Waals surface area (Å²) in [6.07, 6.45) is -1.70. The summed E-state index contributed by atoms with van der Waals surface area (Å²) in [5, 5.41) is 11.3. The maximum absolute atomic E-state index is 13.6. The van der Waals surface area contributed by atoms with Crippen molar-refractivity contribution in [1.82, 2.24) is 9.97 Å². The van der Waals surface area contributed by atoms with E-state index < -0.39 is 29.5 Å². The largest absolute Gasteiger partial charge is 0.478 e. The molecule has 1 fully saturated rings. The molecule has 0 bridgehead atoms. The van der Waals surface area contributed by atoms with E-state index in [2.05, 4.69) is 15.3 Å². The zero-order valence-electron chi connectivity index (χ0n) is 18.1. The molecule has 1 unspecified atom stereocenters. The molecule has 0 spiro atoms. The Balaban J connectivity index is 1.53. The highest BCUT2D eigenvalue weighted by atomic mass is 19.4. The van der Waals surface area contributed by atoms with Gasteiger partial charge in [-0.05, 0) is 48.6 Å². The number of benzene rings is 1. The van der Waals surface area contributed by atoms with Gasteiger partial charge in [-0.1, -0.05) is 19.1 Å². The molecule has 1 saturated heterocycles. The minimum atomic E-state index is -4.87. The van der Waals surface area contributed by atoms with Crippen LogP contribution in [0.3, 0.4) is 0 Å². The van der Waals surface area contributed by atoms with Gasteiger partial charge in [-0.25, -0.2) is 9.78 Å². The van der Waals surface area contributed by atoms with Crippen molar-refractivity contribution < 1.29 is 32.3 Å². The number of hydrogen-bond donors (Lipinski definition) is 2. The molecular weight excluding hydrogens is 453 g/mol. The first-order valence-electron chi connectivity index (χ1n) is 10.6. The molecule has 178 valence electrons. The van der Waals surface area contributed by atoms with Gasteiger partial charge in [0.05, 0.1) is 5.56 Å². The summed E-state index contributed by atoms with van der Waals surface area (Å²) in [6, 6.07) is 8.89. The van der Waals surface area contributed by atoms with Crippen molar-refractivity contribution in [2.75, 3.05) is 23.3 Å². The number of nitrogens with zero attached hydrogens (tertiary/aromatic N) is 3. The summed E-state index contributed by atoms with van der Waals surface area (Å²) in [5.41, 5.74) is 0.0670. The predicted molar refractivity (Wildman–Crippen MR) is 117 cm³/mol. The first-order chi connectivity index (χ1) is 16.1. The number of carbonyl (C=O) groups is 2. The summed E-state index contributed by atoms with van der Waals surface area (Å²) in [4.78, 5) is 32.9. The second-order valence-electron chi connectivity index (χ2n) is 8.13. The van der Waals surface area contributed by atoms with Crippen LogP contribution < -0.4 is 10.2 Å². The van der Waals surface area contributed by atoms with E-state index in [4.69, 9.17) is 9.52 Å². The van der Waals surface area contributed by atoms with Gasteiger partial charge < -0.3 is 19.7 Å². The fraction of sp³-hybridized carbons (Fsp3) is 0.304. The lowest BCUT2D eigenvalue weighted by molar-refractivity contribution is -0.141. The number of carboxylic acid groups (broad SMARTS) is 1. The van der Waals surface area contributed by atoms with Crippen LogP contribution >= 0.6 is 0 Å². The molecule has 34 heavy (non-hydrogen) atoms. The number of piperidine rings is 1. The van der Waals surface area contributed by atoms with Crippen molar-refractivity contribution in [3.05, 3.63) is 59.6 Å². The van der Waals surface area contributed by atoms with Crippen molar-refractivity contribution in [3.63, 3.8) is 0 Å². The smallest absolute Gasteiger partial charge is 0.437 e. The second kappa shape index (κ2) is 9.16. The zero-order valence-corrected chi connectivity index (χ0v) is 18.1. The average molecular weight is 474 g/mol. The molecule has 2 N–H and O–H groups in total. The molecule has 0 radical (unpaired) electrons. The van der Waals surface area contributed by atoms with E-state index in [0.29, 0.717) is 24.2 Å². The number of halogens is 3. The number of pyridine rings is 1. The van der Waals surface area contributed by atoms with Gasteiger partial charge in [-0.3, -0.25) is 4.79 Å². The Morgan fingerprint density at radius 3 is 2.44 bits per heavy atom. The van der Waals surface area contributed by atoms with E-state index >= 15 is 0 Å². The minimum Gasteiger partial charge on any atom is -0.478 e. The molecule has 1 aromatic carbocycles. The molecule has 1 amide bonds. The lowest BCUT2D eigenvalue weighted by Gasteiger charge is -2.29. The van der Waals surface area contributed by atoms with Crippen molar-refractivity contribution in [1.29, 1.82) is 0 Å². The third-order valence-electron chi connectivity index (χ3n) is 5.49. The molecule has 0 aliphatic carbocycles. The summed E-state index contributed by atoms with van der Waals surface area (Å²) < 4.78 is 45.9. The highest BCUT2D eigenvalue weighted by Gasteiger charge is 2.42. The lowest BCUT2D eigenvalue weighted by Crippen LogP contribution is -2.34. The Kier molecular flexibility index (Phi) is 6.27. The predicted octanol–water partition coefficient (Wildman–Crippen LogP) is 4.94. The third kappa shape index (κ3) is 5.03. The summed E-state index contributed by atoms with van der Waals surface area (Å²) in [7, 11) is 0. The number of anilines is 2. The summed E-state index contributed by atoms with van der Waals surface area (Å²) in [5.74, 6) is -2.78. The van der Waals surface area contributed by atoms with Crippen LogP contribution in [0.15, 0.2) is 47.0 Å². The number of alkyl halides is 3. The molecule has 1 aliphatic heterocycles. The zero-order chi connectivity index (χ0) is 24.5. The molecule has 11 heteroatoms. The van der Waals surface area contributed by atoms with E-state index in [1.54, 1.807) is 23.1 Å². The van der Waals surface area contributed by atoms with Crippen LogP contribution in [0.1, 0.15) is 46.4 Å². The molecule has 3 heterocycles. The van der Waals surface area contributed by atoms with Gasteiger partial charge in [-0.2, -0.15) is 18.2 Å². The minimum absolute atomic E-state index is 0.0218. The van der Waals surface area contributed by atoms with Crippen LogP contribution in [0.25, 0.3) is 11.1 Å². The molecule has 4 rings (SSSR count). The molecular formula is C23H21F3N4O4. The Morgan fingerprint density at radius 2 is 1.85 bits per heavy atom. The van der Waals surface area contributed by atoms with Crippen molar-refractivity contribution in [2.24, 2.45) is 5.92 Å². The second-order valence-corrected chi connectivity index (χ2v) is 8.13. The molecule has 1 aliphatic rings. The van der Waals surface area contributed by atoms with Crippen molar-refractivity contribution >= 4 is 23.7 Å². The highest BCUT2D eigenvalue weighted by molar-refractivity contribution is 6.02. The van der Waals surface area contributed by atoms with E-state index in [1.165, 1.54) is 24.4 Å². The number of aromatic carboxylic acids is 1. The van der Waals surface area contributed by atoms with Crippen LogP contribution in [-0.4, -0.2) is 40.0 Å². The fourth-order valence-electron chi connectivity index (χ4n) is 3.77. The molecule has 3 aromatic rings. The molecule has 8 nitrogen and oxygen atoms in total. The van der Waals surface area contributed by atoms with Crippen LogP contribution in [0, 0.1) is 5.92 Å². The standard InChI is InChI=1S/C23H21F3N4O4/c1-13-3-2-10-30(12-13)22-29-19(23(24,25)26)18(34-22)20(31)28-17-9-8-16(11-27-17)14-4-6-15(7-5-14)21(32)33/h4-9,11,13H,2-3,10,12H2,1H3,(H,32,33)(H,27,28,31). The van der Waals surface area contributed by atoms with Gasteiger partial charge in [0.2, 0.25) is 5.76 Å². The molecule has 2 aromatic heterocycles. The Labute approximate surface area is 192 Å². The summed E-state index contributed by atoms with van der Waals surface area (Å²) >= 11 is 0. The van der Waals surface area contributed by atoms with Crippen molar-refractivity contribution in [2.45, 2.75) is 25.9 Å². The maximum atomic E-state index is 13.6. The van der Waals surface area contributed by atoms with Crippen LogP contribution in [-0.2, 0) is 6.18 Å². The van der Waals surface area contributed by atoms with E-state index in [-0.39, 0.29) is 23.3 Å². The van der Waals surface area contributed by atoms with E-state index in [1.807, 2.05) is 6.92 Å². The van der Waals surface area contributed by atoms with Gasteiger partial charge in [0.15, 0.2) is 5.69 Å². The summed E-state index contributed by atoms with van der Waals surface area (Å²) in [6.45, 7) is 2.98. The number of oxazole rings is 1. The number of aromatic nitrogens is 2. The first-order valence-corrected chi connectivity index (χ1v) is 10.6. The number of rotatable bonds is 5. The van der Waals surface area contributed by atoms with Crippen LogP contribution in [0.4, 0.5) is 25.0 Å². The molecule has 1 atom stereocenters. The van der Waals surface area contributed by atoms with Gasteiger partial charge >= 0.3 is 12.1 Å². The maximum Gasteiger partial charge on any atom is 0.437 e. The van der Waals surface area contributed by atoms with Gasteiger partial charge in [0.1, 0.15) is 5.82 Å². The normalized spacial score (nSPS) is 16.4. The number of amides is 1. The lowest BCUT2D eigenvalue weighted by atomic mass is 10.0. The Hall–Kier alpha value is -3.89. The van der Waals surface area contributed by atoms with E-state index in [9.17, 15) is 22.8 Å². The number of nitrogens with one attached hydrogen (secondary N) is 1. The number of carbonyl (C=O) groups excluding carboxylic acids is 1. The average Bonchev–Trinajstić information content (AvgIpc) is 3.26. The SMILES string of the molecule is CC1CCCN(c2nc(C(F)(F)F)c(C(=O)Nc3ccc(-c4ccc(C(=O)O)cc4)cn3)o2)C1. The van der Waals surface area contributed by atoms with Crippen LogP contribution in [0.5, 0.6) is 0 Å². The van der Waals surface area contributed by atoms with E-state index in [0.717, 1.165) is 12.8 Å². The first kappa shape index (κ1) is 23.3.